The fourth-order valence-electron chi connectivity index (χ4n) is 2.27. The minimum atomic E-state index is -0.795. The molecular formula is C15H19N3O4. The summed E-state index contributed by atoms with van der Waals surface area (Å²) in [4.78, 5) is 25.3. The molecule has 7 heteroatoms. The van der Waals surface area contributed by atoms with E-state index in [0.29, 0.717) is 18.7 Å². The number of aromatic hydroxyl groups is 2. The lowest BCUT2D eigenvalue weighted by Crippen LogP contribution is -2.41. The quantitative estimate of drug-likeness (QED) is 0.430. The van der Waals surface area contributed by atoms with Crippen LogP contribution in [-0.2, 0) is 9.59 Å². The van der Waals surface area contributed by atoms with Gasteiger partial charge in [-0.2, -0.15) is 5.10 Å². The number of carbonyl (C=O) groups is 2. The van der Waals surface area contributed by atoms with E-state index in [1.165, 1.54) is 23.2 Å². The molecule has 0 aliphatic carbocycles. The van der Waals surface area contributed by atoms with E-state index >= 15 is 0 Å². The summed E-state index contributed by atoms with van der Waals surface area (Å²) in [5, 5.41) is 22.4. The average Bonchev–Trinajstić information content (AvgIpc) is 2.77. The Morgan fingerprint density at radius 1 is 1.14 bits per heavy atom. The molecular weight excluding hydrogens is 286 g/mol. The molecule has 2 rings (SSSR count). The lowest BCUT2D eigenvalue weighted by atomic mass is 10.2. The van der Waals surface area contributed by atoms with Crippen molar-refractivity contribution in [2.75, 3.05) is 13.1 Å². The lowest BCUT2D eigenvalue weighted by molar-refractivity contribution is -0.145. The monoisotopic (exact) mass is 305 g/mol. The molecule has 1 aliphatic heterocycles. The predicted molar refractivity (Wildman–Crippen MR) is 80.6 cm³/mol. The first-order chi connectivity index (χ1) is 10.6. The van der Waals surface area contributed by atoms with Crippen molar-refractivity contribution < 1.29 is 19.8 Å². The third kappa shape index (κ3) is 4.21. The maximum absolute atomic E-state index is 12.0. The SMILES string of the molecule is O=C(NN=Cc1ccc(O)cc1O)C(=O)N1CCCCCC1. The van der Waals surface area contributed by atoms with Crippen molar-refractivity contribution in [2.45, 2.75) is 25.7 Å². The first-order valence-corrected chi connectivity index (χ1v) is 7.22. The maximum atomic E-state index is 12.0. The largest absolute Gasteiger partial charge is 0.508 e. The lowest BCUT2D eigenvalue weighted by Gasteiger charge is -2.18. The molecule has 2 amide bonds. The fraction of sp³-hybridized carbons (Fsp3) is 0.400. The van der Waals surface area contributed by atoms with E-state index in [9.17, 15) is 14.7 Å². The Balaban J connectivity index is 1.91. The second-order valence-corrected chi connectivity index (χ2v) is 5.15. The summed E-state index contributed by atoms with van der Waals surface area (Å²) in [6, 6.07) is 3.98. The minimum Gasteiger partial charge on any atom is -0.508 e. The summed E-state index contributed by atoms with van der Waals surface area (Å²) < 4.78 is 0. The number of hydrogen-bond acceptors (Lipinski definition) is 5. The standard InChI is InChI=1S/C15H19N3O4/c19-12-6-5-11(13(20)9-12)10-16-17-14(21)15(22)18-7-3-1-2-4-8-18/h5-6,9-10,19-20H,1-4,7-8H2,(H,17,21). The molecule has 22 heavy (non-hydrogen) atoms. The van der Waals surface area contributed by atoms with Gasteiger partial charge in [-0.3, -0.25) is 9.59 Å². The maximum Gasteiger partial charge on any atom is 0.329 e. The zero-order valence-electron chi connectivity index (χ0n) is 12.2. The van der Waals surface area contributed by atoms with Crippen molar-refractivity contribution in [1.82, 2.24) is 10.3 Å². The number of hydrogen-bond donors (Lipinski definition) is 3. The molecule has 1 heterocycles. The van der Waals surface area contributed by atoms with E-state index < -0.39 is 11.8 Å². The highest BCUT2D eigenvalue weighted by Crippen LogP contribution is 2.20. The number of phenolic OH excluding ortho intramolecular Hbond substituents is 2. The number of benzene rings is 1. The average molecular weight is 305 g/mol. The van der Waals surface area contributed by atoms with Crippen molar-refractivity contribution in [2.24, 2.45) is 5.10 Å². The van der Waals surface area contributed by atoms with Crippen LogP contribution in [0.4, 0.5) is 0 Å². The number of nitrogens with one attached hydrogen (secondary N) is 1. The first kappa shape index (κ1) is 15.8. The van der Waals surface area contributed by atoms with E-state index in [2.05, 4.69) is 10.5 Å². The van der Waals surface area contributed by atoms with Crippen molar-refractivity contribution in [3.63, 3.8) is 0 Å². The molecule has 0 aromatic heterocycles. The van der Waals surface area contributed by atoms with Crippen molar-refractivity contribution in [3.05, 3.63) is 23.8 Å². The van der Waals surface area contributed by atoms with Crippen LogP contribution in [0.3, 0.4) is 0 Å². The number of nitrogens with zero attached hydrogens (tertiary/aromatic N) is 2. The summed E-state index contributed by atoms with van der Waals surface area (Å²) in [6.07, 6.45) is 5.17. The van der Waals surface area contributed by atoms with Gasteiger partial charge in [0.15, 0.2) is 0 Å². The molecule has 1 aromatic rings. The van der Waals surface area contributed by atoms with Gasteiger partial charge in [-0.1, -0.05) is 12.8 Å². The number of likely N-dealkylation sites (tertiary alicyclic amines) is 1. The van der Waals surface area contributed by atoms with Gasteiger partial charge < -0.3 is 15.1 Å². The zero-order chi connectivity index (χ0) is 15.9. The molecule has 1 aromatic carbocycles. The highest BCUT2D eigenvalue weighted by molar-refractivity contribution is 6.35. The van der Waals surface area contributed by atoms with Crippen LogP contribution in [0.5, 0.6) is 11.5 Å². The van der Waals surface area contributed by atoms with Crippen LogP contribution in [0.25, 0.3) is 0 Å². The smallest absolute Gasteiger partial charge is 0.329 e. The van der Waals surface area contributed by atoms with E-state index in [1.807, 2.05) is 0 Å². The van der Waals surface area contributed by atoms with E-state index in [4.69, 9.17) is 5.11 Å². The van der Waals surface area contributed by atoms with Crippen LogP contribution in [-0.4, -0.2) is 46.2 Å². The van der Waals surface area contributed by atoms with E-state index in [-0.39, 0.29) is 11.5 Å². The Morgan fingerprint density at radius 3 is 2.45 bits per heavy atom. The number of amides is 2. The number of phenols is 2. The molecule has 1 aliphatic rings. The van der Waals surface area contributed by atoms with Gasteiger partial charge >= 0.3 is 11.8 Å². The van der Waals surface area contributed by atoms with Gasteiger partial charge in [0.1, 0.15) is 11.5 Å². The zero-order valence-corrected chi connectivity index (χ0v) is 12.2. The molecule has 7 nitrogen and oxygen atoms in total. The molecule has 0 bridgehead atoms. The molecule has 1 fully saturated rings. The molecule has 0 atom stereocenters. The van der Waals surface area contributed by atoms with Crippen LogP contribution >= 0.6 is 0 Å². The number of hydrazone groups is 1. The van der Waals surface area contributed by atoms with Crippen molar-refractivity contribution in [3.8, 4) is 11.5 Å². The summed E-state index contributed by atoms with van der Waals surface area (Å²) in [5.41, 5.74) is 2.48. The van der Waals surface area contributed by atoms with Gasteiger partial charge in [-0.05, 0) is 25.0 Å². The molecule has 0 radical (unpaired) electrons. The van der Waals surface area contributed by atoms with Crippen LogP contribution in [0.2, 0.25) is 0 Å². The second kappa shape index (κ2) is 7.44. The number of carbonyl (C=O) groups excluding carboxylic acids is 2. The van der Waals surface area contributed by atoms with Gasteiger partial charge in [0, 0.05) is 24.7 Å². The Kier molecular flexibility index (Phi) is 5.35. The van der Waals surface area contributed by atoms with E-state index in [0.717, 1.165) is 31.7 Å². The molecule has 118 valence electrons. The van der Waals surface area contributed by atoms with Gasteiger partial charge in [-0.25, -0.2) is 5.43 Å². The van der Waals surface area contributed by atoms with Crippen LogP contribution < -0.4 is 5.43 Å². The Labute approximate surface area is 128 Å². The minimum absolute atomic E-state index is 0.0740. The van der Waals surface area contributed by atoms with Crippen LogP contribution in [0.15, 0.2) is 23.3 Å². The van der Waals surface area contributed by atoms with Gasteiger partial charge in [0.05, 0.1) is 6.21 Å². The molecule has 3 N–H and O–H groups in total. The van der Waals surface area contributed by atoms with Crippen LogP contribution in [0.1, 0.15) is 31.2 Å². The molecule has 1 saturated heterocycles. The highest BCUT2D eigenvalue weighted by Gasteiger charge is 2.22. The van der Waals surface area contributed by atoms with Crippen molar-refractivity contribution in [1.29, 1.82) is 0 Å². The summed E-state index contributed by atoms with van der Waals surface area (Å²) in [6.45, 7) is 1.18. The topological polar surface area (TPSA) is 102 Å². The van der Waals surface area contributed by atoms with Crippen LogP contribution in [0, 0.1) is 0 Å². The summed E-state index contributed by atoms with van der Waals surface area (Å²) >= 11 is 0. The number of rotatable bonds is 2. The third-order valence-electron chi connectivity index (χ3n) is 3.47. The van der Waals surface area contributed by atoms with Crippen molar-refractivity contribution >= 4 is 18.0 Å². The normalized spacial score (nSPS) is 15.5. The van der Waals surface area contributed by atoms with Gasteiger partial charge in [0.2, 0.25) is 0 Å². The summed E-state index contributed by atoms with van der Waals surface area (Å²) in [5.74, 6) is -1.63. The molecule has 0 saturated carbocycles. The van der Waals surface area contributed by atoms with E-state index in [1.54, 1.807) is 0 Å². The fourth-order valence-corrected chi connectivity index (χ4v) is 2.27. The van der Waals surface area contributed by atoms with Gasteiger partial charge in [0.25, 0.3) is 0 Å². The highest BCUT2D eigenvalue weighted by atomic mass is 16.3. The Morgan fingerprint density at radius 2 is 1.82 bits per heavy atom. The first-order valence-electron chi connectivity index (χ1n) is 7.22. The Hall–Kier alpha value is -2.57. The summed E-state index contributed by atoms with van der Waals surface area (Å²) in [7, 11) is 0. The molecule has 0 unspecified atom stereocenters. The Bertz CT molecular complexity index is 578. The predicted octanol–water partition coefficient (Wildman–Crippen LogP) is 0.950. The third-order valence-corrected chi connectivity index (χ3v) is 3.47. The second-order valence-electron chi connectivity index (χ2n) is 5.15. The van der Waals surface area contributed by atoms with Gasteiger partial charge in [-0.15, -0.1) is 0 Å². The molecule has 0 spiro atoms.